The molecule has 0 aliphatic carbocycles. The Labute approximate surface area is 149 Å². The Kier molecular flexibility index (Phi) is 5.71. The smallest absolute Gasteiger partial charge is 0.227 e. The summed E-state index contributed by atoms with van der Waals surface area (Å²) in [5.41, 5.74) is 2.16. The fraction of sp³-hybridized carbons (Fsp3) is 0.381. The van der Waals surface area contributed by atoms with Crippen molar-refractivity contribution >= 4 is 5.91 Å². The topological polar surface area (TPSA) is 49.8 Å². The second-order valence-electron chi connectivity index (χ2n) is 6.67. The lowest BCUT2D eigenvalue weighted by Crippen LogP contribution is -2.47. The van der Waals surface area contributed by atoms with Crippen LogP contribution in [0.3, 0.4) is 0 Å². The Balaban J connectivity index is 1.62. The molecule has 1 saturated heterocycles. The number of amides is 1. The number of carbonyl (C=O) groups excluding carboxylic acids is 1. The van der Waals surface area contributed by atoms with Crippen molar-refractivity contribution in [2.45, 2.75) is 25.4 Å². The number of benzene rings is 2. The quantitative estimate of drug-likeness (QED) is 0.911. The van der Waals surface area contributed by atoms with E-state index < -0.39 is 0 Å². The third kappa shape index (κ3) is 4.60. The van der Waals surface area contributed by atoms with Crippen LogP contribution in [-0.2, 0) is 17.6 Å². The lowest BCUT2D eigenvalue weighted by molar-refractivity contribution is -0.134. The fourth-order valence-electron chi connectivity index (χ4n) is 3.43. The second kappa shape index (κ2) is 8.17. The SMILES string of the molecule is COc1cccc(CC(=O)N2CC[C@@H](O)[C@H](Cc3ccccc3)C2)c1. The first-order valence-electron chi connectivity index (χ1n) is 8.78. The van der Waals surface area contributed by atoms with Gasteiger partial charge in [0.05, 0.1) is 19.6 Å². The van der Waals surface area contributed by atoms with Gasteiger partial charge in [-0.05, 0) is 36.1 Å². The summed E-state index contributed by atoms with van der Waals surface area (Å²) < 4.78 is 5.22. The van der Waals surface area contributed by atoms with Crippen molar-refractivity contribution in [3.05, 3.63) is 65.7 Å². The minimum atomic E-state index is -0.346. The number of carbonyl (C=O) groups is 1. The number of nitrogens with zero attached hydrogens (tertiary/aromatic N) is 1. The highest BCUT2D eigenvalue weighted by atomic mass is 16.5. The number of aliphatic hydroxyl groups excluding tert-OH is 1. The number of likely N-dealkylation sites (tertiary alicyclic amines) is 1. The molecule has 1 amide bonds. The summed E-state index contributed by atoms with van der Waals surface area (Å²) in [4.78, 5) is 14.6. The third-order valence-corrected chi connectivity index (χ3v) is 4.88. The number of rotatable bonds is 5. The van der Waals surface area contributed by atoms with Crippen LogP contribution in [0.15, 0.2) is 54.6 Å². The number of hydrogen-bond acceptors (Lipinski definition) is 3. The molecule has 0 radical (unpaired) electrons. The first-order chi connectivity index (χ1) is 12.2. The summed E-state index contributed by atoms with van der Waals surface area (Å²) in [7, 11) is 1.63. The number of aliphatic hydroxyl groups is 1. The first kappa shape index (κ1) is 17.5. The van der Waals surface area contributed by atoms with Crippen molar-refractivity contribution < 1.29 is 14.6 Å². The van der Waals surface area contributed by atoms with Gasteiger partial charge in [-0.1, -0.05) is 42.5 Å². The Morgan fingerprint density at radius 2 is 1.92 bits per heavy atom. The van der Waals surface area contributed by atoms with Crippen LogP contribution >= 0.6 is 0 Å². The Hall–Kier alpha value is -2.33. The van der Waals surface area contributed by atoms with E-state index in [4.69, 9.17) is 4.74 Å². The van der Waals surface area contributed by atoms with E-state index in [1.54, 1.807) is 7.11 Å². The van der Waals surface area contributed by atoms with Gasteiger partial charge in [0.15, 0.2) is 0 Å². The number of hydrogen-bond donors (Lipinski definition) is 1. The molecular formula is C21H25NO3. The van der Waals surface area contributed by atoms with Gasteiger partial charge in [0.2, 0.25) is 5.91 Å². The second-order valence-corrected chi connectivity index (χ2v) is 6.67. The van der Waals surface area contributed by atoms with E-state index in [-0.39, 0.29) is 17.9 Å². The van der Waals surface area contributed by atoms with Gasteiger partial charge in [-0.2, -0.15) is 0 Å². The van der Waals surface area contributed by atoms with Crippen molar-refractivity contribution in [1.29, 1.82) is 0 Å². The molecule has 4 nitrogen and oxygen atoms in total. The molecule has 4 heteroatoms. The van der Waals surface area contributed by atoms with Gasteiger partial charge in [-0.15, -0.1) is 0 Å². The van der Waals surface area contributed by atoms with Crippen LogP contribution in [-0.4, -0.2) is 42.2 Å². The zero-order valence-electron chi connectivity index (χ0n) is 14.6. The average Bonchev–Trinajstić information content (AvgIpc) is 2.64. The van der Waals surface area contributed by atoms with Gasteiger partial charge < -0.3 is 14.7 Å². The minimum absolute atomic E-state index is 0.0883. The number of ether oxygens (including phenoxy) is 1. The molecule has 1 heterocycles. The third-order valence-electron chi connectivity index (χ3n) is 4.88. The summed E-state index contributed by atoms with van der Waals surface area (Å²) >= 11 is 0. The van der Waals surface area contributed by atoms with Gasteiger partial charge in [-0.25, -0.2) is 0 Å². The zero-order valence-corrected chi connectivity index (χ0v) is 14.6. The van der Waals surface area contributed by atoms with E-state index in [2.05, 4.69) is 12.1 Å². The highest BCUT2D eigenvalue weighted by Crippen LogP contribution is 2.22. The van der Waals surface area contributed by atoms with E-state index in [1.165, 1.54) is 5.56 Å². The van der Waals surface area contributed by atoms with Crippen molar-refractivity contribution in [3.63, 3.8) is 0 Å². The Morgan fingerprint density at radius 1 is 1.16 bits per heavy atom. The van der Waals surface area contributed by atoms with E-state index in [1.807, 2.05) is 47.4 Å². The molecular weight excluding hydrogens is 314 g/mol. The van der Waals surface area contributed by atoms with Crippen molar-refractivity contribution in [2.24, 2.45) is 5.92 Å². The Morgan fingerprint density at radius 3 is 2.68 bits per heavy atom. The van der Waals surface area contributed by atoms with E-state index >= 15 is 0 Å². The van der Waals surface area contributed by atoms with Gasteiger partial charge in [0.25, 0.3) is 0 Å². The molecule has 1 aliphatic rings. The molecule has 0 saturated carbocycles. The largest absolute Gasteiger partial charge is 0.497 e. The maximum absolute atomic E-state index is 12.7. The Bertz CT molecular complexity index is 701. The minimum Gasteiger partial charge on any atom is -0.497 e. The summed E-state index contributed by atoms with van der Waals surface area (Å²) in [6.07, 6.45) is 1.46. The molecule has 25 heavy (non-hydrogen) atoms. The molecule has 0 unspecified atom stereocenters. The molecule has 132 valence electrons. The maximum atomic E-state index is 12.7. The molecule has 1 fully saturated rings. The summed E-state index contributed by atoms with van der Waals surface area (Å²) in [6, 6.07) is 17.8. The molecule has 0 spiro atoms. The number of methoxy groups -OCH3 is 1. The van der Waals surface area contributed by atoms with Crippen LogP contribution in [0.5, 0.6) is 5.75 Å². The predicted molar refractivity (Wildman–Crippen MR) is 97.5 cm³/mol. The molecule has 3 rings (SSSR count). The zero-order chi connectivity index (χ0) is 17.6. The highest BCUT2D eigenvalue weighted by molar-refractivity contribution is 5.79. The summed E-state index contributed by atoms with van der Waals surface area (Å²) in [5, 5.41) is 10.3. The molecule has 0 aromatic heterocycles. The van der Waals surface area contributed by atoms with Gasteiger partial charge in [0, 0.05) is 19.0 Å². The lowest BCUT2D eigenvalue weighted by atomic mass is 9.88. The van der Waals surface area contributed by atoms with E-state index in [9.17, 15) is 9.90 Å². The lowest BCUT2D eigenvalue weighted by Gasteiger charge is -2.36. The van der Waals surface area contributed by atoms with Crippen LogP contribution in [0.2, 0.25) is 0 Å². The monoisotopic (exact) mass is 339 g/mol. The molecule has 1 N–H and O–H groups in total. The average molecular weight is 339 g/mol. The maximum Gasteiger partial charge on any atom is 0.227 e. The van der Waals surface area contributed by atoms with Gasteiger partial charge >= 0.3 is 0 Å². The van der Waals surface area contributed by atoms with Crippen molar-refractivity contribution in [3.8, 4) is 5.75 Å². The number of piperidine rings is 1. The predicted octanol–water partition coefficient (Wildman–Crippen LogP) is 2.69. The van der Waals surface area contributed by atoms with Crippen molar-refractivity contribution in [1.82, 2.24) is 4.90 Å². The molecule has 1 aliphatic heterocycles. The molecule has 2 atom stereocenters. The molecule has 2 aromatic carbocycles. The normalized spacial score (nSPS) is 20.3. The standard InChI is InChI=1S/C21H25NO3/c1-25-19-9-5-8-17(13-19)14-21(24)22-11-10-20(23)18(15-22)12-16-6-3-2-4-7-16/h2-9,13,18,20,23H,10-12,14-15H2,1H3/t18-,20-/m1/s1. The van der Waals surface area contributed by atoms with Gasteiger partial charge in [-0.3, -0.25) is 4.79 Å². The molecule has 0 bridgehead atoms. The summed E-state index contributed by atoms with van der Waals surface area (Å²) in [5.74, 6) is 0.963. The molecule has 2 aromatic rings. The van der Waals surface area contributed by atoms with Crippen LogP contribution in [0, 0.1) is 5.92 Å². The highest BCUT2D eigenvalue weighted by Gasteiger charge is 2.30. The van der Waals surface area contributed by atoms with Crippen LogP contribution in [0.1, 0.15) is 17.5 Å². The summed E-state index contributed by atoms with van der Waals surface area (Å²) in [6.45, 7) is 1.23. The first-order valence-corrected chi connectivity index (χ1v) is 8.78. The van der Waals surface area contributed by atoms with Crippen LogP contribution in [0.4, 0.5) is 0 Å². The van der Waals surface area contributed by atoms with E-state index in [0.29, 0.717) is 25.9 Å². The van der Waals surface area contributed by atoms with Gasteiger partial charge in [0.1, 0.15) is 5.75 Å². The van der Waals surface area contributed by atoms with Crippen LogP contribution in [0.25, 0.3) is 0 Å². The van der Waals surface area contributed by atoms with Crippen LogP contribution < -0.4 is 4.74 Å². The van der Waals surface area contributed by atoms with E-state index in [0.717, 1.165) is 17.7 Å². The fourth-order valence-corrected chi connectivity index (χ4v) is 3.43. The van der Waals surface area contributed by atoms with Crippen molar-refractivity contribution in [2.75, 3.05) is 20.2 Å².